The van der Waals surface area contributed by atoms with Gasteiger partial charge < -0.3 is 20.1 Å². The summed E-state index contributed by atoms with van der Waals surface area (Å²) in [6, 6.07) is 2.13. The van der Waals surface area contributed by atoms with E-state index in [2.05, 4.69) is 31.9 Å². The van der Waals surface area contributed by atoms with E-state index in [-0.39, 0.29) is 6.04 Å². The van der Waals surface area contributed by atoms with Crippen molar-refractivity contribution in [1.29, 1.82) is 0 Å². The summed E-state index contributed by atoms with van der Waals surface area (Å²) in [7, 11) is 0. The van der Waals surface area contributed by atoms with Gasteiger partial charge in [0.1, 0.15) is 0 Å². The second kappa shape index (κ2) is 10.7. The molecular formula is C18H28N4O4S. The third-order valence-corrected chi connectivity index (χ3v) is 5.60. The van der Waals surface area contributed by atoms with Gasteiger partial charge in [-0.2, -0.15) is 11.3 Å². The predicted octanol–water partition coefficient (Wildman–Crippen LogP) is -0.314. The highest BCUT2D eigenvalue weighted by molar-refractivity contribution is 7.07. The number of nitrogens with zero attached hydrogens (tertiary/aromatic N) is 2. The van der Waals surface area contributed by atoms with Gasteiger partial charge in [0.25, 0.3) is 0 Å². The Kier molecular flexibility index (Phi) is 8.03. The summed E-state index contributed by atoms with van der Waals surface area (Å²) < 4.78 is 10.7. The van der Waals surface area contributed by atoms with Crippen molar-refractivity contribution in [1.82, 2.24) is 20.4 Å². The lowest BCUT2D eigenvalue weighted by Crippen LogP contribution is -2.48. The van der Waals surface area contributed by atoms with Crippen molar-refractivity contribution in [3.8, 4) is 0 Å². The second-order valence-corrected chi connectivity index (χ2v) is 7.42. The molecule has 0 spiro atoms. The maximum atomic E-state index is 12.2. The molecule has 9 heteroatoms. The van der Waals surface area contributed by atoms with Crippen LogP contribution in [0.3, 0.4) is 0 Å². The van der Waals surface area contributed by atoms with E-state index in [9.17, 15) is 9.59 Å². The van der Waals surface area contributed by atoms with Crippen LogP contribution in [0.4, 0.5) is 0 Å². The van der Waals surface area contributed by atoms with Crippen molar-refractivity contribution < 1.29 is 19.1 Å². The Balaban J connectivity index is 1.43. The Morgan fingerprint density at radius 1 is 1.04 bits per heavy atom. The van der Waals surface area contributed by atoms with E-state index in [0.717, 1.165) is 51.5 Å². The first-order chi connectivity index (χ1) is 13.2. The molecule has 0 bridgehead atoms. The minimum Gasteiger partial charge on any atom is -0.379 e. The maximum absolute atomic E-state index is 12.2. The second-order valence-electron chi connectivity index (χ2n) is 6.64. The summed E-state index contributed by atoms with van der Waals surface area (Å²) in [4.78, 5) is 28.8. The van der Waals surface area contributed by atoms with Crippen molar-refractivity contribution in [3.05, 3.63) is 22.4 Å². The number of ether oxygens (including phenoxy) is 2. The molecule has 150 valence electrons. The molecule has 8 nitrogen and oxygen atoms in total. The van der Waals surface area contributed by atoms with Crippen molar-refractivity contribution in [2.75, 3.05) is 72.2 Å². The Bertz CT molecular complexity index is 586. The number of hydrogen-bond acceptors (Lipinski definition) is 7. The van der Waals surface area contributed by atoms with Crippen LogP contribution in [0.25, 0.3) is 0 Å². The molecular weight excluding hydrogens is 368 g/mol. The molecule has 1 aromatic rings. The highest BCUT2D eigenvalue weighted by Gasteiger charge is 2.24. The zero-order chi connectivity index (χ0) is 18.9. The summed E-state index contributed by atoms with van der Waals surface area (Å²) in [5.74, 6) is -1.15. The van der Waals surface area contributed by atoms with Gasteiger partial charge in [0.15, 0.2) is 0 Å². The average Bonchev–Trinajstić information content (AvgIpc) is 3.24. The van der Waals surface area contributed by atoms with E-state index in [1.165, 1.54) is 0 Å². The number of morpholine rings is 2. The van der Waals surface area contributed by atoms with E-state index in [0.29, 0.717) is 26.3 Å². The Labute approximate surface area is 163 Å². The fourth-order valence-electron chi connectivity index (χ4n) is 3.31. The van der Waals surface area contributed by atoms with Crippen molar-refractivity contribution in [2.45, 2.75) is 6.04 Å². The lowest BCUT2D eigenvalue weighted by Gasteiger charge is -2.34. The van der Waals surface area contributed by atoms with Crippen LogP contribution in [0.2, 0.25) is 0 Å². The number of nitrogens with one attached hydrogen (secondary N) is 2. The summed E-state index contributed by atoms with van der Waals surface area (Å²) in [5, 5.41) is 9.62. The summed E-state index contributed by atoms with van der Waals surface area (Å²) in [6.45, 7) is 7.80. The van der Waals surface area contributed by atoms with Gasteiger partial charge in [-0.25, -0.2) is 0 Å². The molecule has 0 saturated carbocycles. The van der Waals surface area contributed by atoms with E-state index < -0.39 is 11.8 Å². The Morgan fingerprint density at radius 3 is 2.37 bits per heavy atom. The maximum Gasteiger partial charge on any atom is 0.309 e. The summed E-state index contributed by atoms with van der Waals surface area (Å²) in [6.07, 6.45) is 0. The first kappa shape index (κ1) is 20.2. The number of carbonyl (C=O) groups is 2. The number of carbonyl (C=O) groups excluding carboxylic acids is 2. The molecule has 3 heterocycles. The molecule has 0 aliphatic carbocycles. The molecule has 2 fully saturated rings. The Morgan fingerprint density at radius 2 is 1.70 bits per heavy atom. The van der Waals surface area contributed by atoms with Crippen LogP contribution < -0.4 is 10.6 Å². The molecule has 3 rings (SSSR count). The van der Waals surface area contributed by atoms with Crippen LogP contribution in [0.1, 0.15) is 11.6 Å². The molecule has 2 saturated heterocycles. The third kappa shape index (κ3) is 6.25. The van der Waals surface area contributed by atoms with Gasteiger partial charge in [0.2, 0.25) is 0 Å². The van der Waals surface area contributed by atoms with Crippen LogP contribution in [-0.4, -0.2) is 93.9 Å². The van der Waals surface area contributed by atoms with Crippen LogP contribution >= 0.6 is 11.3 Å². The van der Waals surface area contributed by atoms with Gasteiger partial charge in [-0.05, 0) is 22.4 Å². The normalized spacial score (nSPS) is 20.1. The smallest absolute Gasteiger partial charge is 0.309 e. The molecule has 27 heavy (non-hydrogen) atoms. The zero-order valence-electron chi connectivity index (χ0n) is 15.5. The van der Waals surface area contributed by atoms with Gasteiger partial charge in [0.05, 0.1) is 32.5 Å². The zero-order valence-corrected chi connectivity index (χ0v) is 16.3. The fourth-order valence-corrected chi connectivity index (χ4v) is 4.02. The van der Waals surface area contributed by atoms with Crippen molar-refractivity contribution in [3.63, 3.8) is 0 Å². The van der Waals surface area contributed by atoms with Gasteiger partial charge in [0, 0.05) is 45.8 Å². The average molecular weight is 397 g/mol. The minimum atomic E-state index is -0.578. The van der Waals surface area contributed by atoms with Gasteiger partial charge >= 0.3 is 11.8 Å². The van der Waals surface area contributed by atoms with Crippen LogP contribution in [-0.2, 0) is 19.1 Å². The molecule has 2 N–H and O–H groups in total. The quantitative estimate of drug-likeness (QED) is 0.615. The molecule has 2 aliphatic rings. The topological polar surface area (TPSA) is 83.1 Å². The summed E-state index contributed by atoms with van der Waals surface area (Å²) in [5.41, 5.74) is 1.16. The number of rotatable bonds is 7. The molecule has 1 aromatic heterocycles. The standard InChI is InChI=1S/C18H28N4O4S/c23-17(19-2-3-21-4-8-25-9-5-21)18(24)20-13-16(15-1-12-27-14-15)22-6-10-26-11-7-22/h1,12,14,16H,2-11,13H2,(H,19,23)(H,20,24). The van der Waals surface area contributed by atoms with Crippen molar-refractivity contribution in [2.24, 2.45) is 0 Å². The van der Waals surface area contributed by atoms with E-state index in [1.807, 2.05) is 5.38 Å². The molecule has 2 aliphatic heterocycles. The molecule has 2 amide bonds. The Hall–Kier alpha value is -1.52. The van der Waals surface area contributed by atoms with Crippen LogP contribution in [0, 0.1) is 0 Å². The largest absolute Gasteiger partial charge is 0.379 e. The number of hydrogen-bond donors (Lipinski definition) is 2. The van der Waals surface area contributed by atoms with Crippen LogP contribution in [0.5, 0.6) is 0 Å². The predicted molar refractivity (Wildman–Crippen MR) is 103 cm³/mol. The third-order valence-electron chi connectivity index (χ3n) is 4.89. The van der Waals surface area contributed by atoms with E-state index >= 15 is 0 Å². The van der Waals surface area contributed by atoms with Gasteiger partial charge in [-0.3, -0.25) is 19.4 Å². The SMILES string of the molecule is O=C(NCCN1CCOCC1)C(=O)NCC(c1ccsc1)N1CCOCC1. The molecule has 0 aromatic carbocycles. The van der Waals surface area contributed by atoms with Crippen LogP contribution in [0.15, 0.2) is 16.8 Å². The van der Waals surface area contributed by atoms with Gasteiger partial charge in [-0.15, -0.1) is 0 Å². The highest BCUT2D eigenvalue weighted by Crippen LogP contribution is 2.23. The first-order valence-electron chi connectivity index (χ1n) is 9.44. The first-order valence-corrected chi connectivity index (χ1v) is 10.4. The molecule has 1 unspecified atom stereocenters. The highest BCUT2D eigenvalue weighted by atomic mass is 32.1. The number of thiophene rings is 1. The van der Waals surface area contributed by atoms with E-state index in [4.69, 9.17) is 9.47 Å². The summed E-state index contributed by atoms with van der Waals surface area (Å²) >= 11 is 1.63. The van der Waals surface area contributed by atoms with Crippen molar-refractivity contribution >= 4 is 23.2 Å². The lowest BCUT2D eigenvalue weighted by molar-refractivity contribution is -0.139. The minimum absolute atomic E-state index is 0.0604. The monoisotopic (exact) mass is 396 g/mol. The number of amides is 2. The molecule has 0 radical (unpaired) electrons. The van der Waals surface area contributed by atoms with Gasteiger partial charge in [-0.1, -0.05) is 0 Å². The van der Waals surface area contributed by atoms with E-state index in [1.54, 1.807) is 11.3 Å². The fraction of sp³-hybridized carbons (Fsp3) is 0.667. The lowest BCUT2D eigenvalue weighted by atomic mass is 10.1. The molecule has 1 atom stereocenters.